The number of hydrogen-bond acceptors (Lipinski definition) is 3. The molecule has 15 heavy (non-hydrogen) atoms. The van der Waals surface area contributed by atoms with E-state index < -0.39 is 0 Å². The van der Waals surface area contributed by atoms with Gasteiger partial charge >= 0.3 is 0 Å². The largest absolute Gasteiger partial charge is 0.264 e. The van der Waals surface area contributed by atoms with E-state index in [9.17, 15) is 0 Å². The van der Waals surface area contributed by atoms with Crippen molar-refractivity contribution in [2.75, 3.05) is 0 Å². The van der Waals surface area contributed by atoms with Gasteiger partial charge in [0.05, 0.1) is 0 Å². The van der Waals surface area contributed by atoms with E-state index in [0.29, 0.717) is 11.0 Å². The SMILES string of the molecule is CCc1cnc(-c2cccnc2)nc1Cl. The molecule has 2 heterocycles. The first-order valence-corrected chi connectivity index (χ1v) is 5.11. The van der Waals surface area contributed by atoms with Crippen molar-refractivity contribution in [3.8, 4) is 11.4 Å². The molecule has 0 unspecified atom stereocenters. The molecule has 4 heteroatoms. The van der Waals surface area contributed by atoms with Gasteiger partial charge < -0.3 is 0 Å². The van der Waals surface area contributed by atoms with Crippen molar-refractivity contribution in [2.45, 2.75) is 13.3 Å². The number of pyridine rings is 1. The summed E-state index contributed by atoms with van der Waals surface area (Å²) < 4.78 is 0. The highest BCUT2D eigenvalue weighted by Crippen LogP contribution is 2.18. The van der Waals surface area contributed by atoms with Crippen molar-refractivity contribution >= 4 is 11.6 Å². The van der Waals surface area contributed by atoms with Gasteiger partial charge in [0.1, 0.15) is 5.15 Å². The molecule has 2 aromatic heterocycles. The monoisotopic (exact) mass is 219 g/mol. The average Bonchev–Trinajstić information content (AvgIpc) is 2.30. The van der Waals surface area contributed by atoms with Crippen molar-refractivity contribution in [3.63, 3.8) is 0 Å². The smallest absolute Gasteiger partial charge is 0.162 e. The van der Waals surface area contributed by atoms with Crippen LogP contribution in [0.1, 0.15) is 12.5 Å². The minimum Gasteiger partial charge on any atom is -0.264 e. The Morgan fingerprint density at radius 3 is 2.80 bits per heavy atom. The zero-order valence-electron chi connectivity index (χ0n) is 8.31. The Labute approximate surface area is 93.2 Å². The number of rotatable bonds is 2. The molecule has 2 aromatic rings. The molecule has 0 saturated carbocycles. The van der Waals surface area contributed by atoms with Crippen LogP contribution in [-0.2, 0) is 6.42 Å². The predicted octanol–water partition coefficient (Wildman–Crippen LogP) is 2.75. The standard InChI is InChI=1S/C11H10ClN3/c1-2-8-7-14-11(15-10(8)12)9-4-3-5-13-6-9/h3-7H,2H2,1H3. The zero-order chi connectivity index (χ0) is 10.7. The minimum absolute atomic E-state index is 0.520. The lowest BCUT2D eigenvalue weighted by Crippen LogP contribution is -1.94. The van der Waals surface area contributed by atoms with Crippen LogP contribution in [0.3, 0.4) is 0 Å². The van der Waals surface area contributed by atoms with Crippen LogP contribution in [0.2, 0.25) is 5.15 Å². The fourth-order valence-corrected chi connectivity index (χ4v) is 1.52. The summed E-state index contributed by atoms with van der Waals surface area (Å²) in [4.78, 5) is 12.5. The van der Waals surface area contributed by atoms with Crippen LogP contribution in [-0.4, -0.2) is 15.0 Å². The third-order valence-electron chi connectivity index (χ3n) is 2.11. The van der Waals surface area contributed by atoms with Gasteiger partial charge in [-0.2, -0.15) is 0 Å². The van der Waals surface area contributed by atoms with E-state index in [-0.39, 0.29) is 0 Å². The maximum absolute atomic E-state index is 6.01. The Bertz CT molecular complexity index is 457. The molecule has 0 aliphatic carbocycles. The molecular weight excluding hydrogens is 210 g/mol. The Morgan fingerprint density at radius 2 is 2.20 bits per heavy atom. The molecule has 0 spiro atoms. The normalized spacial score (nSPS) is 10.3. The molecule has 0 fully saturated rings. The van der Waals surface area contributed by atoms with Gasteiger partial charge in [-0.3, -0.25) is 4.98 Å². The first kappa shape index (κ1) is 10.1. The van der Waals surface area contributed by atoms with Crippen molar-refractivity contribution in [2.24, 2.45) is 0 Å². The molecule has 3 nitrogen and oxygen atoms in total. The molecule has 76 valence electrons. The third-order valence-corrected chi connectivity index (χ3v) is 2.44. The van der Waals surface area contributed by atoms with Crippen LogP contribution < -0.4 is 0 Å². The molecule has 0 aliphatic heterocycles. The van der Waals surface area contributed by atoms with Crippen LogP contribution in [0.4, 0.5) is 0 Å². The van der Waals surface area contributed by atoms with E-state index in [1.807, 2.05) is 19.1 Å². The molecule has 2 rings (SSSR count). The van der Waals surface area contributed by atoms with Gasteiger partial charge in [-0.15, -0.1) is 0 Å². The van der Waals surface area contributed by atoms with Crippen molar-refractivity contribution < 1.29 is 0 Å². The topological polar surface area (TPSA) is 38.7 Å². The Balaban J connectivity index is 2.43. The molecule has 0 radical (unpaired) electrons. The summed E-state index contributed by atoms with van der Waals surface area (Å²) in [6.07, 6.45) is 6.03. The van der Waals surface area contributed by atoms with Gasteiger partial charge in [-0.1, -0.05) is 18.5 Å². The Morgan fingerprint density at radius 1 is 1.33 bits per heavy atom. The first-order chi connectivity index (χ1) is 7.31. The average molecular weight is 220 g/mol. The third kappa shape index (κ3) is 2.13. The lowest BCUT2D eigenvalue weighted by Gasteiger charge is -2.02. The van der Waals surface area contributed by atoms with Crippen molar-refractivity contribution in [1.29, 1.82) is 0 Å². The molecule has 0 aromatic carbocycles. The maximum Gasteiger partial charge on any atom is 0.162 e. The lowest BCUT2D eigenvalue weighted by molar-refractivity contribution is 1.05. The van der Waals surface area contributed by atoms with Gasteiger partial charge in [-0.05, 0) is 18.6 Å². The van der Waals surface area contributed by atoms with E-state index in [1.165, 1.54) is 0 Å². The van der Waals surface area contributed by atoms with Gasteiger partial charge in [0.25, 0.3) is 0 Å². The Kier molecular flexibility index (Phi) is 2.92. The van der Waals surface area contributed by atoms with Gasteiger partial charge in [0.2, 0.25) is 0 Å². The highest BCUT2D eigenvalue weighted by molar-refractivity contribution is 6.30. The first-order valence-electron chi connectivity index (χ1n) is 4.73. The summed E-state index contributed by atoms with van der Waals surface area (Å²) in [5, 5.41) is 0.520. The second kappa shape index (κ2) is 4.36. The van der Waals surface area contributed by atoms with E-state index >= 15 is 0 Å². The summed E-state index contributed by atoms with van der Waals surface area (Å²) in [5.74, 6) is 0.616. The number of nitrogens with zero attached hydrogens (tertiary/aromatic N) is 3. The lowest BCUT2D eigenvalue weighted by atomic mass is 10.2. The predicted molar refractivity (Wildman–Crippen MR) is 59.7 cm³/mol. The number of aryl methyl sites for hydroxylation is 1. The Hall–Kier alpha value is -1.48. The quantitative estimate of drug-likeness (QED) is 0.729. The summed E-state index contributed by atoms with van der Waals surface area (Å²) in [6, 6.07) is 3.75. The van der Waals surface area contributed by atoms with Crippen LogP contribution in [0.15, 0.2) is 30.7 Å². The summed E-state index contributed by atoms with van der Waals surface area (Å²) in [6.45, 7) is 2.02. The molecule has 0 aliphatic rings. The summed E-state index contributed by atoms with van der Waals surface area (Å²) in [7, 11) is 0. The van der Waals surface area contributed by atoms with Crippen LogP contribution >= 0.6 is 11.6 Å². The molecule has 0 N–H and O–H groups in total. The molecule has 0 amide bonds. The van der Waals surface area contributed by atoms with Crippen LogP contribution in [0.5, 0.6) is 0 Å². The van der Waals surface area contributed by atoms with Gasteiger partial charge in [0, 0.05) is 29.7 Å². The molecule has 0 atom stereocenters. The molecule has 0 bridgehead atoms. The van der Waals surface area contributed by atoms with E-state index in [2.05, 4.69) is 15.0 Å². The fourth-order valence-electron chi connectivity index (χ4n) is 1.26. The van der Waals surface area contributed by atoms with Gasteiger partial charge in [-0.25, -0.2) is 9.97 Å². The molecule has 0 saturated heterocycles. The maximum atomic E-state index is 6.01. The number of hydrogen-bond donors (Lipinski definition) is 0. The van der Waals surface area contributed by atoms with Crippen molar-refractivity contribution in [1.82, 2.24) is 15.0 Å². The van der Waals surface area contributed by atoms with E-state index in [0.717, 1.165) is 17.5 Å². The molecular formula is C11H10ClN3. The van der Waals surface area contributed by atoms with Gasteiger partial charge in [0.15, 0.2) is 5.82 Å². The second-order valence-corrected chi connectivity index (χ2v) is 3.46. The number of aromatic nitrogens is 3. The summed E-state index contributed by atoms with van der Waals surface area (Å²) in [5.41, 5.74) is 1.84. The number of halogens is 1. The fraction of sp³-hybridized carbons (Fsp3) is 0.182. The zero-order valence-corrected chi connectivity index (χ0v) is 9.07. The highest BCUT2D eigenvalue weighted by atomic mass is 35.5. The van der Waals surface area contributed by atoms with E-state index in [1.54, 1.807) is 18.6 Å². The van der Waals surface area contributed by atoms with E-state index in [4.69, 9.17) is 11.6 Å². The minimum atomic E-state index is 0.520. The second-order valence-electron chi connectivity index (χ2n) is 3.10. The van der Waals surface area contributed by atoms with Crippen LogP contribution in [0.25, 0.3) is 11.4 Å². The van der Waals surface area contributed by atoms with Crippen molar-refractivity contribution in [3.05, 3.63) is 41.4 Å². The summed E-state index contributed by atoms with van der Waals surface area (Å²) >= 11 is 6.01. The van der Waals surface area contributed by atoms with Crippen LogP contribution in [0, 0.1) is 0 Å². The highest BCUT2D eigenvalue weighted by Gasteiger charge is 2.05.